The first-order valence-corrected chi connectivity index (χ1v) is 8.53. The predicted molar refractivity (Wildman–Crippen MR) is 86.4 cm³/mol. The first-order chi connectivity index (χ1) is 9.78. The van der Waals surface area contributed by atoms with Crippen molar-refractivity contribution in [3.8, 4) is 0 Å². The average Bonchev–Trinajstić information content (AvgIpc) is 2.52. The zero-order valence-corrected chi connectivity index (χ0v) is 14.1. The van der Waals surface area contributed by atoms with E-state index in [-0.39, 0.29) is 0 Å². The molecule has 0 saturated carbocycles. The highest BCUT2D eigenvalue weighted by molar-refractivity contribution is 4.72. The molecule has 0 aromatic carbocycles. The first-order valence-electron chi connectivity index (χ1n) is 8.53. The molecule has 4 nitrogen and oxygen atoms in total. The topological polar surface area (TPSA) is 19.0 Å². The van der Waals surface area contributed by atoms with Crippen LogP contribution in [0.25, 0.3) is 0 Å². The number of hydrogen-bond acceptors (Lipinski definition) is 4. The fraction of sp³-hybridized carbons (Fsp3) is 1.00. The largest absolute Gasteiger partial charge is 0.377 e. The quantitative estimate of drug-likeness (QED) is 0.766. The van der Waals surface area contributed by atoms with E-state index < -0.39 is 0 Å². The third kappa shape index (κ3) is 6.53. The van der Waals surface area contributed by atoms with E-state index in [9.17, 15) is 0 Å². The molecular formula is C16H35N3O. The highest BCUT2D eigenvalue weighted by Gasteiger charge is 2.18. The van der Waals surface area contributed by atoms with Gasteiger partial charge in [0.15, 0.2) is 0 Å². The number of hydrogen-bond donors (Lipinski definition) is 0. The van der Waals surface area contributed by atoms with E-state index in [1.165, 1.54) is 58.7 Å². The van der Waals surface area contributed by atoms with Crippen LogP contribution in [0.4, 0.5) is 0 Å². The van der Waals surface area contributed by atoms with Crippen LogP contribution in [-0.4, -0.2) is 86.8 Å². The van der Waals surface area contributed by atoms with E-state index in [0.717, 1.165) is 13.2 Å². The standard InChI is InChI=1S/C14H29N3O.C2H6/c1-3-16-8-10-17(11-9-16)12-13-18-14-4-6-15(2)7-5-14;1-2/h14H,3-13H2,1-2H3;1-2H3. The highest BCUT2D eigenvalue weighted by Crippen LogP contribution is 2.12. The SMILES string of the molecule is CC.CCN1CCN(CCOC2CCN(C)CC2)CC1. The Bertz CT molecular complexity index is 222. The lowest BCUT2D eigenvalue weighted by atomic mass is 10.1. The minimum Gasteiger partial charge on any atom is -0.377 e. The first kappa shape index (κ1) is 17.9. The van der Waals surface area contributed by atoms with Crippen LogP contribution in [0.2, 0.25) is 0 Å². The molecule has 4 heteroatoms. The van der Waals surface area contributed by atoms with Gasteiger partial charge >= 0.3 is 0 Å². The Balaban J connectivity index is 0.000000956. The van der Waals surface area contributed by atoms with E-state index in [1.54, 1.807) is 0 Å². The van der Waals surface area contributed by atoms with Crippen molar-refractivity contribution in [2.75, 3.05) is 66.0 Å². The molecule has 2 rings (SSSR count). The lowest BCUT2D eigenvalue weighted by Gasteiger charge is -2.34. The molecule has 0 atom stereocenters. The predicted octanol–water partition coefficient (Wildman–Crippen LogP) is 1.76. The van der Waals surface area contributed by atoms with Crippen LogP contribution in [-0.2, 0) is 4.74 Å². The lowest BCUT2D eigenvalue weighted by molar-refractivity contribution is -0.00234. The van der Waals surface area contributed by atoms with Crippen LogP contribution >= 0.6 is 0 Å². The van der Waals surface area contributed by atoms with Gasteiger partial charge in [0.05, 0.1) is 12.7 Å². The minimum atomic E-state index is 0.512. The second kappa shape index (κ2) is 10.6. The Hall–Kier alpha value is -0.160. The zero-order valence-electron chi connectivity index (χ0n) is 14.1. The van der Waals surface area contributed by atoms with Crippen molar-refractivity contribution < 1.29 is 4.74 Å². The van der Waals surface area contributed by atoms with E-state index >= 15 is 0 Å². The fourth-order valence-electron chi connectivity index (χ4n) is 2.83. The van der Waals surface area contributed by atoms with E-state index in [4.69, 9.17) is 4.74 Å². The van der Waals surface area contributed by atoms with Crippen molar-refractivity contribution in [3.63, 3.8) is 0 Å². The molecule has 2 fully saturated rings. The second-order valence-corrected chi connectivity index (χ2v) is 5.65. The third-order valence-corrected chi connectivity index (χ3v) is 4.34. The molecule has 120 valence electrons. The van der Waals surface area contributed by atoms with Crippen molar-refractivity contribution in [2.24, 2.45) is 0 Å². The summed E-state index contributed by atoms with van der Waals surface area (Å²) < 4.78 is 6.01. The van der Waals surface area contributed by atoms with Crippen LogP contribution in [0, 0.1) is 0 Å². The monoisotopic (exact) mass is 285 g/mol. The van der Waals surface area contributed by atoms with Gasteiger partial charge in [-0.1, -0.05) is 20.8 Å². The van der Waals surface area contributed by atoms with Crippen molar-refractivity contribution in [1.82, 2.24) is 14.7 Å². The number of likely N-dealkylation sites (N-methyl/N-ethyl adjacent to an activating group) is 1. The van der Waals surface area contributed by atoms with Gasteiger partial charge in [-0.3, -0.25) is 4.90 Å². The van der Waals surface area contributed by atoms with Crippen molar-refractivity contribution in [2.45, 2.75) is 39.7 Å². The molecule has 2 aliphatic rings. The van der Waals surface area contributed by atoms with Gasteiger partial charge in [0.1, 0.15) is 0 Å². The van der Waals surface area contributed by atoms with Crippen molar-refractivity contribution >= 4 is 0 Å². The molecule has 0 aliphatic carbocycles. The molecule has 2 aliphatic heterocycles. The smallest absolute Gasteiger partial charge is 0.0600 e. The summed E-state index contributed by atoms with van der Waals surface area (Å²) >= 11 is 0. The summed E-state index contributed by atoms with van der Waals surface area (Å²) in [5.74, 6) is 0. The maximum absolute atomic E-state index is 6.01. The number of ether oxygens (including phenoxy) is 1. The Kier molecular flexibility index (Phi) is 9.44. The minimum absolute atomic E-state index is 0.512. The number of rotatable bonds is 5. The number of nitrogens with zero attached hydrogens (tertiary/aromatic N) is 3. The van der Waals surface area contributed by atoms with Gasteiger partial charge in [0.2, 0.25) is 0 Å². The van der Waals surface area contributed by atoms with Gasteiger partial charge in [0, 0.05) is 45.8 Å². The maximum atomic E-state index is 6.01. The zero-order chi connectivity index (χ0) is 14.8. The van der Waals surface area contributed by atoms with Crippen LogP contribution in [0.3, 0.4) is 0 Å². The van der Waals surface area contributed by atoms with Gasteiger partial charge < -0.3 is 14.5 Å². The molecular weight excluding hydrogens is 250 g/mol. The van der Waals surface area contributed by atoms with Gasteiger partial charge in [-0.25, -0.2) is 0 Å². The summed E-state index contributed by atoms with van der Waals surface area (Å²) in [5, 5.41) is 0. The van der Waals surface area contributed by atoms with Gasteiger partial charge in [-0.2, -0.15) is 0 Å². The lowest BCUT2D eigenvalue weighted by Crippen LogP contribution is -2.47. The summed E-state index contributed by atoms with van der Waals surface area (Å²) in [6, 6.07) is 0. The fourth-order valence-corrected chi connectivity index (χ4v) is 2.83. The normalized spacial score (nSPS) is 23.4. The van der Waals surface area contributed by atoms with Gasteiger partial charge in [0.25, 0.3) is 0 Å². The van der Waals surface area contributed by atoms with Crippen molar-refractivity contribution in [3.05, 3.63) is 0 Å². The van der Waals surface area contributed by atoms with Crippen LogP contribution < -0.4 is 0 Å². The molecule has 0 spiro atoms. The number of piperazine rings is 1. The summed E-state index contributed by atoms with van der Waals surface area (Å²) in [7, 11) is 2.20. The maximum Gasteiger partial charge on any atom is 0.0600 e. The average molecular weight is 285 g/mol. The molecule has 20 heavy (non-hydrogen) atoms. The van der Waals surface area contributed by atoms with Gasteiger partial charge in [-0.15, -0.1) is 0 Å². The molecule has 0 aromatic rings. The Morgan fingerprint density at radius 1 is 0.900 bits per heavy atom. The molecule has 0 unspecified atom stereocenters. The molecule has 0 bridgehead atoms. The van der Waals surface area contributed by atoms with Crippen molar-refractivity contribution in [1.29, 1.82) is 0 Å². The molecule has 0 N–H and O–H groups in total. The summed E-state index contributed by atoms with van der Waals surface area (Å²) in [5.41, 5.74) is 0. The van der Waals surface area contributed by atoms with Crippen LogP contribution in [0.15, 0.2) is 0 Å². The molecule has 0 amide bonds. The Morgan fingerprint density at radius 3 is 2.00 bits per heavy atom. The van der Waals surface area contributed by atoms with Crippen LogP contribution in [0.5, 0.6) is 0 Å². The molecule has 2 saturated heterocycles. The summed E-state index contributed by atoms with van der Waals surface area (Å²) in [6.45, 7) is 16.7. The van der Waals surface area contributed by atoms with E-state index in [1.807, 2.05) is 13.8 Å². The highest BCUT2D eigenvalue weighted by atomic mass is 16.5. The molecule has 0 radical (unpaired) electrons. The Morgan fingerprint density at radius 2 is 1.45 bits per heavy atom. The molecule has 2 heterocycles. The van der Waals surface area contributed by atoms with Crippen LogP contribution in [0.1, 0.15) is 33.6 Å². The van der Waals surface area contributed by atoms with Gasteiger partial charge in [-0.05, 0) is 26.4 Å². The third-order valence-electron chi connectivity index (χ3n) is 4.34. The number of likely N-dealkylation sites (tertiary alicyclic amines) is 1. The summed E-state index contributed by atoms with van der Waals surface area (Å²) in [4.78, 5) is 7.46. The molecule has 0 aromatic heterocycles. The summed E-state index contributed by atoms with van der Waals surface area (Å²) in [6.07, 6.45) is 2.93. The second-order valence-electron chi connectivity index (χ2n) is 5.65. The van der Waals surface area contributed by atoms with E-state index in [2.05, 4.69) is 28.7 Å². The van der Waals surface area contributed by atoms with E-state index in [0.29, 0.717) is 6.10 Å². The Labute approximate surface area is 126 Å². The number of piperidine rings is 1.